The van der Waals surface area contributed by atoms with Gasteiger partial charge in [0, 0.05) is 23.7 Å². The lowest BCUT2D eigenvalue weighted by Crippen LogP contribution is -2.06. The Kier molecular flexibility index (Phi) is 3.47. The van der Waals surface area contributed by atoms with Crippen molar-refractivity contribution in [2.45, 2.75) is 13.0 Å². The van der Waals surface area contributed by atoms with Crippen LogP contribution in [0.15, 0.2) is 41.5 Å². The summed E-state index contributed by atoms with van der Waals surface area (Å²) in [4.78, 5) is 4.33. The Morgan fingerprint density at radius 3 is 2.95 bits per heavy atom. The molecule has 0 spiro atoms. The van der Waals surface area contributed by atoms with Gasteiger partial charge in [0.25, 0.3) is 0 Å². The largest absolute Gasteiger partial charge is 0.377 e. The molecule has 0 fully saturated rings. The number of anilines is 1. The van der Waals surface area contributed by atoms with Gasteiger partial charge in [0.15, 0.2) is 5.82 Å². The third-order valence-corrected chi connectivity index (χ3v) is 3.72. The van der Waals surface area contributed by atoms with E-state index >= 15 is 0 Å². The molecular weight excluding hydrogens is 270 g/mol. The summed E-state index contributed by atoms with van der Waals surface area (Å²) in [6, 6.07) is 8.34. The van der Waals surface area contributed by atoms with Crippen LogP contribution in [0.4, 0.5) is 5.69 Å². The van der Waals surface area contributed by atoms with Crippen molar-refractivity contribution >= 4 is 17.0 Å². The molecule has 3 rings (SSSR count). The number of aryl methyl sites for hydroxylation is 1. The number of thiazole rings is 1. The molecule has 20 heavy (non-hydrogen) atoms. The number of benzene rings is 1. The lowest BCUT2D eigenvalue weighted by atomic mass is 10.1. The van der Waals surface area contributed by atoms with Crippen molar-refractivity contribution in [1.29, 1.82) is 0 Å². The second-order valence-electron chi connectivity index (χ2n) is 4.63. The molecule has 1 aromatic carbocycles. The van der Waals surface area contributed by atoms with Gasteiger partial charge in [-0.05, 0) is 19.1 Å². The van der Waals surface area contributed by atoms with Crippen LogP contribution in [0, 0.1) is 0 Å². The van der Waals surface area contributed by atoms with E-state index in [4.69, 9.17) is 0 Å². The van der Waals surface area contributed by atoms with Crippen molar-refractivity contribution in [1.82, 2.24) is 19.7 Å². The van der Waals surface area contributed by atoms with Crippen LogP contribution in [0.25, 0.3) is 11.4 Å². The van der Waals surface area contributed by atoms with Crippen LogP contribution in [-0.4, -0.2) is 19.7 Å². The van der Waals surface area contributed by atoms with Gasteiger partial charge < -0.3 is 9.88 Å². The van der Waals surface area contributed by atoms with Crippen molar-refractivity contribution in [3.05, 3.63) is 47.2 Å². The first-order chi connectivity index (χ1) is 9.74. The average Bonchev–Trinajstić information content (AvgIpc) is 3.10. The van der Waals surface area contributed by atoms with Gasteiger partial charge in [-0.3, -0.25) is 0 Å². The molecule has 0 saturated carbocycles. The summed E-state index contributed by atoms with van der Waals surface area (Å²) in [7, 11) is 1.94. The molecule has 0 aliphatic rings. The molecule has 5 nitrogen and oxygen atoms in total. The molecule has 2 aromatic heterocycles. The second kappa shape index (κ2) is 5.42. The molecule has 0 aliphatic carbocycles. The van der Waals surface area contributed by atoms with Crippen molar-refractivity contribution in [3.8, 4) is 11.4 Å². The molecule has 1 unspecified atom stereocenters. The molecule has 1 atom stereocenters. The fourth-order valence-corrected chi connectivity index (χ4v) is 2.70. The normalized spacial score (nSPS) is 12.3. The minimum Gasteiger partial charge on any atom is -0.377 e. The molecule has 0 amide bonds. The van der Waals surface area contributed by atoms with Crippen LogP contribution in [0.2, 0.25) is 0 Å². The predicted octanol–water partition coefficient (Wildman–Crippen LogP) is 3.11. The average molecular weight is 285 g/mol. The summed E-state index contributed by atoms with van der Waals surface area (Å²) in [5, 5.41) is 13.6. The molecule has 0 aliphatic heterocycles. The van der Waals surface area contributed by atoms with Gasteiger partial charge in [-0.1, -0.05) is 12.1 Å². The van der Waals surface area contributed by atoms with E-state index in [0.717, 1.165) is 22.8 Å². The van der Waals surface area contributed by atoms with Crippen LogP contribution in [0.3, 0.4) is 0 Å². The van der Waals surface area contributed by atoms with Crippen LogP contribution >= 0.6 is 11.3 Å². The maximum Gasteiger partial charge on any atom is 0.163 e. The second-order valence-corrected chi connectivity index (χ2v) is 5.34. The number of nitrogens with zero attached hydrogens (tertiary/aromatic N) is 4. The van der Waals surface area contributed by atoms with Crippen LogP contribution in [-0.2, 0) is 7.05 Å². The van der Waals surface area contributed by atoms with Crippen LogP contribution in [0.1, 0.15) is 18.7 Å². The van der Waals surface area contributed by atoms with Crippen molar-refractivity contribution in [2.24, 2.45) is 7.05 Å². The Labute approximate surface area is 121 Å². The summed E-state index contributed by atoms with van der Waals surface area (Å²) in [5.41, 5.74) is 4.99. The van der Waals surface area contributed by atoms with Crippen molar-refractivity contribution in [3.63, 3.8) is 0 Å². The zero-order valence-electron chi connectivity index (χ0n) is 11.3. The van der Waals surface area contributed by atoms with E-state index < -0.39 is 0 Å². The third kappa shape index (κ3) is 2.55. The molecule has 0 saturated heterocycles. The van der Waals surface area contributed by atoms with E-state index in [9.17, 15) is 0 Å². The van der Waals surface area contributed by atoms with E-state index in [2.05, 4.69) is 38.9 Å². The van der Waals surface area contributed by atoms with Crippen molar-refractivity contribution in [2.75, 3.05) is 5.32 Å². The van der Waals surface area contributed by atoms with Gasteiger partial charge in [0.05, 0.1) is 17.2 Å². The highest BCUT2D eigenvalue weighted by Crippen LogP contribution is 2.23. The Hall–Kier alpha value is -2.21. The fourth-order valence-electron chi connectivity index (χ4n) is 2.05. The summed E-state index contributed by atoms with van der Waals surface area (Å²) < 4.78 is 1.91. The molecule has 0 bridgehead atoms. The molecule has 3 aromatic rings. The molecule has 1 N–H and O–H groups in total. The van der Waals surface area contributed by atoms with Crippen LogP contribution in [0.5, 0.6) is 0 Å². The first kappa shape index (κ1) is 12.8. The topological polar surface area (TPSA) is 55.6 Å². The van der Waals surface area contributed by atoms with Crippen LogP contribution < -0.4 is 5.32 Å². The molecule has 2 heterocycles. The maximum absolute atomic E-state index is 4.33. The lowest BCUT2D eigenvalue weighted by Gasteiger charge is -2.13. The number of hydrogen-bond acceptors (Lipinski definition) is 5. The van der Waals surface area contributed by atoms with E-state index in [1.165, 1.54) is 0 Å². The Morgan fingerprint density at radius 1 is 1.35 bits per heavy atom. The summed E-state index contributed by atoms with van der Waals surface area (Å²) in [6.45, 7) is 2.10. The van der Waals surface area contributed by atoms with E-state index in [1.54, 1.807) is 17.7 Å². The summed E-state index contributed by atoms with van der Waals surface area (Å²) >= 11 is 1.61. The highest BCUT2D eigenvalue weighted by Gasteiger charge is 2.09. The molecule has 0 radical (unpaired) electrons. The number of nitrogens with one attached hydrogen (secondary N) is 1. The van der Waals surface area contributed by atoms with Gasteiger partial charge in [-0.15, -0.1) is 21.5 Å². The standard InChI is InChI=1S/C14H15N5S/c1-10(13-7-20-9-15-13)17-12-5-3-4-11(6-12)14-18-16-8-19(14)2/h3-10,17H,1-2H3. The smallest absolute Gasteiger partial charge is 0.163 e. The quantitative estimate of drug-likeness (QED) is 0.800. The highest BCUT2D eigenvalue weighted by atomic mass is 32.1. The zero-order chi connectivity index (χ0) is 13.9. The van der Waals surface area contributed by atoms with E-state index in [1.807, 2.05) is 35.3 Å². The Morgan fingerprint density at radius 2 is 2.25 bits per heavy atom. The monoisotopic (exact) mass is 285 g/mol. The van der Waals surface area contributed by atoms with E-state index in [0.29, 0.717) is 0 Å². The Balaban J connectivity index is 1.83. The van der Waals surface area contributed by atoms with Gasteiger partial charge in [-0.25, -0.2) is 4.98 Å². The lowest BCUT2D eigenvalue weighted by molar-refractivity contribution is 0.850. The molecule has 102 valence electrons. The van der Waals surface area contributed by atoms with Crippen molar-refractivity contribution < 1.29 is 0 Å². The number of rotatable bonds is 4. The number of hydrogen-bond donors (Lipinski definition) is 1. The third-order valence-electron chi connectivity index (χ3n) is 3.11. The van der Waals surface area contributed by atoms with Gasteiger partial charge in [0.2, 0.25) is 0 Å². The molecular formula is C14H15N5S. The van der Waals surface area contributed by atoms with Gasteiger partial charge in [0.1, 0.15) is 6.33 Å². The van der Waals surface area contributed by atoms with E-state index in [-0.39, 0.29) is 6.04 Å². The highest BCUT2D eigenvalue weighted by molar-refractivity contribution is 7.07. The summed E-state index contributed by atoms with van der Waals surface area (Å²) in [5.74, 6) is 0.856. The minimum atomic E-state index is 0.177. The Bertz CT molecular complexity index is 689. The first-order valence-corrected chi connectivity index (χ1v) is 7.27. The zero-order valence-corrected chi connectivity index (χ0v) is 12.1. The summed E-state index contributed by atoms with van der Waals surface area (Å²) in [6.07, 6.45) is 1.70. The minimum absolute atomic E-state index is 0.177. The number of aromatic nitrogens is 4. The fraction of sp³-hybridized carbons (Fsp3) is 0.214. The van der Waals surface area contributed by atoms with Gasteiger partial charge >= 0.3 is 0 Å². The maximum atomic E-state index is 4.33. The first-order valence-electron chi connectivity index (χ1n) is 6.33. The van der Waals surface area contributed by atoms with Gasteiger partial charge in [-0.2, -0.15) is 0 Å². The SMILES string of the molecule is CC(Nc1cccc(-c2nncn2C)c1)c1cscn1. The molecule has 6 heteroatoms. The predicted molar refractivity (Wildman–Crippen MR) is 80.6 cm³/mol.